The van der Waals surface area contributed by atoms with Crippen molar-refractivity contribution in [3.8, 4) is 0 Å². The Bertz CT molecular complexity index is 291. The second kappa shape index (κ2) is 5.94. The van der Waals surface area contributed by atoms with Crippen molar-refractivity contribution in [3.05, 3.63) is 12.2 Å². The van der Waals surface area contributed by atoms with E-state index in [0.29, 0.717) is 0 Å². The summed E-state index contributed by atoms with van der Waals surface area (Å²) in [5.41, 5.74) is 0. The molecule has 1 atom stereocenters. The third-order valence-corrected chi connectivity index (χ3v) is 4.35. The number of amides is 1. The van der Waals surface area contributed by atoms with Gasteiger partial charge in [0, 0.05) is 16.8 Å². The summed E-state index contributed by atoms with van der Waals surface area (Å²) >= 11 is 1.49. The Morgan fingerprint density at radius 3 is 2.29 bits per heavy atom. The van der Waals surface area contributed by atoms with Gasteiger partial charge < -0.3 is 4.90 Å². The molecule has 0 spiro atoms. The van der Waals surface area contributed by atoms with E-state index < -0.39 is 0 Å². The number of thioether (sulfide) groups is 1. The molecule has 1 aliphatic rings. The normalized spacial score (nSPS) is 24.4. The predicted octanol–water partition coefficient (Wildman–Crippen LogP) is 4.46. The summed E-state index contributed by atoms with van der Waals surface area (Å²) in [4.78, 5) is 14.3. The SMILES string of the molecule is CC(C)N(C(=O)S[C@]1(C)C=CCCC1)C(C)C. The van der Waals surface area contributed by atoms with Crippen molar-refractivity contribution >= 4 is 17.0 Å². The van der Waals surface area contributed by atoms with Crippen molar-refractivity contribution in [2.45, 2.75) is 70.7 Å². The van der Waals surface area contributed by atoms with Crippen molar-refractivity contribution in [2.24, 2.45) is 0 Å². The molecule has 1 aliphatic carbocycles. The first-order chi connectivity index (χ1) is 7.86. The molecular weight excluding hydrogens is 230 g/mol. The van der Waals surface area contributed by atoms with Crippen LogP contribution in [0.25, 0.3) is 0 Å². The van der Waals surface area contributed by atoms with Crippen molar-refractivity contribution in [3.63, 3.8) is 0 Å². The lowest BCUT2D eigenvalue weighted by atomic mass is 9.97. The molecule has 1 amide bonds. The van der Waals surface area contributed by atoms with Gasteiger partial charge in [0.1, 0.15) is 0 Å². The minimum Gasteiger partial charge on any atom is -0.329 e. The third-order valence-electron chi connectivity index (χ3n) is 3.16. The molecule has 98 valence electrons. The van der Waals surface area contributed by atoms with Crippen LogP contribution in [0.5, 0.6) is 0 Å². The molecule has 0 bridgehead atoms. The summed E-state index contributed by atoms with van der Waals surface area (Å²) in [6.07, 6.45) is 7.86. The molecule has 0 aromatic carbocycles. The van der Waals surface area contributed by atoms with Crippen molar-refractivity contribution < 1.29 is 4.79 Å². The van der Waals surface area contributed by atoms with Crippen LogP contribution in [0.3, 0.4) is 0 Å². The van der Waals surface area contributed by atoms with E-state index >= 15 is 0 Å². The van der Waals surface area contributed by atoms with Gasteiger partial charge in [-0.2, -0.15) is 0 Å². The van der Waals surface area contributed by atoms with Crippen molar-refractivity contribution in [1.82, 2.24) is 4.90 Å². The zero-order valence-electron chi connectivity index (χ0n) is 11.7. The predicted molar refractivity (Wildman–Crippen MR) is 76.5 cm³/mol. The van der Waals surface area contributed by atoms with Gasteiger partial charge in [-0.1, -0.05) is 23.9 Å². The minimum absolute atomic E-state index is 0.00262. The number of nitrogens with zero attached hydrogens (tertiary/aromatic N) is 1. The number of allylic oxidation sites excluding steroid dienone is 1. The van der Waals surface area contributed by atoms with Crippen LogP contribution >= 0.6 is 11.8 Å². The number of hydrogen-bond acceptors (Lipinski definition) is 2. The third kappa shape index (κ3) is 4.06. The summed E-state index contributed by atoms with van der Waals surface area (Å²) in [6.45, 7) is 10.5. The standard InChI is InChI=1S/C14H25NOS/c1-11(2)15(12(3)4)13(16)17-14(5)9-7-6-8-10-14/h7,9,11-12H,6,8,10H2,1-5H3/t14-/m1/s1. The number of carbonyl (C=O) groups excluding carboxylic acids is 1. The van der Waals surface area contributed by atoms with Crippen LogP contribution in [0.4, 0.5) is 4.79 Å². The second-order valence-corrected chi connectivity index (χ2v) is 7.06. The largest absolute Gasteiger partial charge is 0.329 e. The Morgan fingerprint density at radius 1 is 1.29 bits per heavy atom. The zero-order valence-corrected chi connectivity index (χ0v) is 12.5. The van der Waals surface area contributed by atoms with E-state index in [1.54, 1.807) is 0 Å². The fourth-order valence-corrected chi connectivity index (χ4v) is 3.68. The quantitative estimate of drug-likeness (QED) is 0.694. The summed E-state index contributed by atoms with van der Waals surface area (Å²) in [5, 5.41) is 0.212. The molecule has 0 fully saturated rings. The van der Waals surface area contributed by atoms with Gasteiger partial charge in [0.15, 0.2) is 0 Å². The second-order valence-electron chi connectivity index (χ2n) is 5.57. The van der Waals surface area contributed by atoms with E-state index in [2.05, 4.69) is 46.8 Å². The minimum atomic E-state index is -0.00262. The van der Waals surface area contributed by atoms with E-state index in [9.17, 15) is 4.79 Å². The highest BCUT2D eigenvalue weighted by atomic mass is 32.2. The first-order valence-electron chi connectivity index (χ1n) is 6.55. The van der Waals surface area contributed by atoms with Crippen LogP contribution < -0.4 is 0 Å². The smallest absolute Gasteiger partial charge is 0.282 e. The Balaban J connectivity index is 2.69. The molecule has 17 heavy (non-hydrogen) atoms. The number of hydrogen-bond donors (Lipinski definition) is 0. The lowest BCUT2D eigenvalue weighted by molar-refractivity contribution is 0.189. The van der Waals surface area contributed by atoms with E-state index in [-0.39, 0.29) is 22.1 Å². The van der Waals surface area contributed by atoms with E-state index in [1.807, 2.05) is 4.90 Å². The summed E-state index contributed by atoms with van der Waals surface area (Å²) in [5.74, 6) is 0. The van der Waals surface area contributed by atoms with Crippen LogP contribution in [-0.4, -0.2) is 27.0 Å². The Labute approximate surface area is 110 Å². The van der Waals surface area contributed by atoms with Gasteiger partial charge >= 0.3 is 0 Å². The molecule has 0 aliphatic heterocycles. The molecule has 0 N–H and O–H groups in total. The molecule has 3 heteroatoms. The van der Waals surface area contributed by atoms with Gasteiger partial charge in [0.2, 0.25) is 0 Å². The topological polar surface area (TPSA) is 20.3 Å². The van der Waals surface area contributed by atoms with Crippen molar-refractivity contribution in [2.75, 3.05) is 0 Å². The highest BCUT2D eigenvalue weighted by molar-refractivity contribution is 8.14. The molecule has 0 aromatic heterocycles. The van der Waals surface area contributed by atoms with Gasteiger partial charge in [-0.25, -0.2) is 0 Å². The Morgan fingerprint density at radius 2 is 1.88 bits per heavy atom. The molecular formula is C14H25NOS. The molecule has 0 radical (unpaired) electrons. The maximum absolute atomic E-state index is 12.4. The maximum atomic E-state index is 12.4. The van der Waals surface area contributed by atoms with Gasteiger partial charge in [-0.05, 0) is 53.9 Å². The highest BCUT2D eigenvalue weighted by Crippen LogP contribution is 2.37. The first kappa shape index (κ1) is 14.6. The van der Waals surface area contributed by atoms with Gasteiger partial charge in [0.25, 0.3) is 5.24 Å². The molecule has 0 unspecified atom stereocenters. The maximum Gasteiger partial charge on any atom is 0.282 e. The van der Waals surface area contributed by atoms with E-state index in [4.69, 9.17) is 0 Å². The summed E-state index contributed by atoms with van der Waals surface area (Å²) in [7, 11) is 0. The molecule has 1 rings (SSSR count). The Hall–Kier alpha value is -0.440. The number of carbonyl (C=O) groups is 1. The monoisotopic (exact) mass is 255 g/mol. The average molecular weight is 255 g/mol. The summed E-state index contributed by atoms with van der Waals surface area (Å²) < 4.78 is -0.00262. The van der Waals surface area contributed by atoms with Crippen LogP contribution in [0, 0.1) is 0 Å². The molecule has 2 nitrogen and oxygen atoms in total. The van der Waals surface area contributed by atoms with E-state index in [1.165, 1.54) is 18.2 Å². The van der Waals surface area contributed by atoms with Gasteiger partial charge in [-0.3, -0.25) is 4.79 Å². The fraction of sp³-hybridized carbons (Fsp3) is 0.786. The van der Waals surface area contributed by atoms with Crippen LogP contribution in [0.15, 0.2) is 12.2 Å². The lowest BCUT2D eigenvalue weighted by Crippen LogP contribution is -2.41. The lowest BCUT2D eigenvalue weighted by Gasteiger charge is -2.34. The van der Waals surface area contributed by atoms with Gasteiger partial charge in [-0.15, -0.1) is 0 Å². The van der Waals surface area contributed by atoms with E-state index in [0.717, 1.165) is 12.8 Å². The molecule has 0 aromatic rings. The molecule has 0 heterocycles. The summed E-state index contributed by atoms with van der Waals surface area (Å²) in [6, 6.07) is 0.539. The zero-order chi connectivity index (χ0) is 13.1. The van der Waals surface area contributed by atoms with Crippen LogP contribution in [0.1, 0.15) is 53.9 Å². The van der Waals surface area contributed by atoms with Crippen molar-refractivity contribution in [1.29, 1.82) is 0 Å². The average Bonchev–Trinajstić information content (AvgIpc) is 2.15. The first-order valence-corrected chi connectivity index (χ1v) is 7.36. The van der Waals surface area contributed by atoms with Crippen LogP contribution in [0.2, 0.25) is 0 Å². The van der Waals surface area contributed by atoms with Gasteiger partial charge in [0.05, 0.1) is 0 Å². The molecule has 0 saturated carbocycles. The fourth-order valence-electron chi connectivity index (χ4n) is 2.34. The highest BCUT2D eigenvalue weighted by Gasteiger charge is 2.31. The van der Waals surface area contributed by atoms with Crippen LogP contribution in [-0.2, 0) is 0 Å². The Kier molecular flexibility index (Phi) is 5.11. The molecule has 0 saturated heterocycles. The number of rotatable bonds is 3.